The van der Waals surface area contributed by atoms with Crippen LogP contribution in [0.5, 0.6) is 5.75 Å². The minimum absolute atomic E-state index is 0.183. The summed E-state index contributed by atoms with van der Waals surface area (Å²) in [5.41, 5.74) is 9.33. The van der Waals surface area contributed by atoms with Gasteiger partial charge in [-0.2, -0.15) is 0 Å². The van der Waals surface area contributed by atoms with E-state index in [1.165, 1.54) is 0 Å². The van der Waals surface area contributed by atoms with Crippen LogP contribution in [0.4, 0.5) is 0 Å². The second-order valence-electron chi connectivity index (χ2n) is 4.39. The van der Waals surface area contributed by atoms with Crippen LogP contribution in [0.1, 0.15) is 5.56 Å². The molecule has 7 heteroatoms. The lowest BCUT2D eigenvalue weighted by Gasteiger charge is -2.28. The number of ether oxygens (including phenoxy) is 1. The lowest BCUT2D eigenvalue weighted by molar-refractivity contribution is 0.382. The van der Waals surface area contributed by atoms with E-state index in [-0.39, 0.29) is 5.11 Å². The van der Waals surface area contributed by atoms with Crippen molar-refractivity contribution in [2.75, 3.05) is 13.7 Å². The first kappa shape index (κ1) is 15.5. The summed E-state index contributed by atoms with van der Waals surface area (Å²) in [7, 11) is 1.67. The molecule has 0 radical (unpaired) electrons. The van der Waals surface area contributed by atoms with Gasteiger partial charge in [-0.05, 0) is 30.3 Å². The Hall–Kier alpha value is -1.92. The fourth-order valence-corrected chi connectivity index (χ4v) is 2.34. The first-order chi connectivity index (χ1) is 10.1. The van der Waals surface area contributed by atoms with Crippen molar-refractivity contribution >= 4 is 28.9 Å². The van der Waals surface area contributed by atoms with Crippen LogP contribution >= 0.6 is 23.8 Å². The number of rotatable bonds is 5. The van der Waals surface area contributed by atoms with Crippen LogP contribution in [0.2, 0.25) is 0 Å². The molecule has 1 aromatic carbocycles. The zero-order valence-corrected chi connectivity index (χ0v) is 13.2. The van der Waals surface area contributed by atoms with Gasteiger partial charge in [-0.1, -0.05) is 29.8 Å². The summed E-state index contributed by atoms with van der Waals surface area (Å²) in [5, 5.41) is 2.38. The van der Waals surface area contributed by atoms with Gasteiger partial charge in [0.15, 0.2) is 5.11 Å². The number of methoxy groups -OCH3 is 1. The average molecular weight is 325 g/mol. The Bertz CT molecular complexity index is 576. The van der Waals surface area contributed by atoms with E-state index in [1.807, 2.05) is 35.4 Å². The molecule has 0 aliphatic carbocycles. The van der Waals surface area contributed by atoms with Crippen molar-refractivity contribution < 1.29 is 4.74 Å². The van der Waals surface area contributed by atoms with Crippen LogP contribution in [0, 0.1) is 0 Å². The Morgan fingerprint density at radius 2 is 2.14 bits per heavy atom. The molecule has 5 nitrogen and oxygen atoms in total. The Balaban J connectivity index is 1.96. The Morgan fingerprint density at radius 3 is 2.81 bits per heavy atom. The van der Waals surface area contributed by atoms with Gasteiger partial charge in [-0.3, -0.25) is 10.4 Å². The average Bonchev–Trinajstić information content (AvgIpc) is 2.46. The number of nitrogens with zero attached hydrogens (tertiary/aromatic N) is 2. The van der Waals surface area contributed by atoms with Crippen molar-refractivity contribution in [3.8, 4) is 5.75 Å². The quantitative estimate of drug-likeness (QED) is 0.639. The molecular formula is C14H17ClN4OS. The summed E-state index contributed by atoms with van der Waals surface area (Å²) in [6.45, 7) is 0.743. The normalized spacial score (nSPS) is 13.9. The Labute approximate surface area is 134 Å². The molecule has 1 aromatic rings. The van der Waals surface area contributed by atoms with Gasteiger partial charge in [0.1, 0.15) is 10.9 Å². The number of benzene rings is 1. The number of hydrazine groups is 1. The number of hydrogen-bond acceptors (Lipinski definition) is 4. The smallest absolute Gasteiger partial charge is 0.183 e. The van der Waals surface area contributed by atoms with Crippen LogP contribution in [0.3, 0.4) is 0 Å². The molecule has 21 heavy (non-hydrogen) atoms. The summed E-state index contributed by atoms with van der Waals surface area (Å²) in [6, 6.07) is 7.95. The van der Waals surface area contributed by atoms with Crippen molar-refractivity contribution in [2.45, 2.75) is 6.42 Å². The number of nitrogens with two attached hydrogens (primary N) is 1. The van der Waals surface area contributed by atoms with Crippen molar-refractivity contribution in [1.29, 1.82) is 0 Å². The maximum atomic E-state index is 6.24. The van der Waals surface area contributed by atoms with Crippen LogP contribution < -0.4 is 15.9 Å². The highest BCUT2D eigenvalue weighted by molar-refractivity contribution is 7.80. The SMILES string of the molecule is COc1ccccc1CCN1C=CN(NC(N)=S)C=C1Cl. The molecule has 0 saturated heterocycles. The standard InChI is InChI=1S/C14H17ClN4OS/c1-20-12-5-3-2-4-11(12)6-7-18-8-9-19(10-13(18)15)17-14(16)21/h2-5,8-10H,6-7H2,1H3,(H3,16,17,21). The molecule has 0 bridgehead atoms. The highest BCUT2D eigenvalue weighted by atomic mass is 35.5. The van der Waals surface area contributed by atoms with Gasteiger partial charge in [0.25, 0.3) is 0 Å². The fourth-order valence-electron chi connectivity index (χ4n) is 1.98. The molecule has 0 amide bonds. The topological polar surface area (TPSA) is 53.8 Å². The van der Waals surface area contributed by atoms with Gasteiger partial charge < -0.3 is 15.4 Å². The zero-order chi connectivity index (χ0) is 15.2. The predicted molar refractivity (Wildman–Crippen MR) is 88.2 cm³/mol. The Morgan fingerprint density at radius 1 is 1.38 bits per heavy atom. The number of hydrogen-bond donors (Lipinski definition) is 2. The van der Waals surface area contributed by atoms with E-state index in [4.69, 9.17) is 34.3 Å². The zero-order valence-electron chi connectivity index (χ0n) is 11.6. The molecule has 0 spiro atoms. The molecule has 2 rings (SSSR count). The van der Waals surface area contributed by atoms with E-state index in [0.29, 0.717) is 5.16 Å². The Kier molecular flexibility index (Phi) is 5.30. The lowest BCUT2D eigenvalue weighted by Crippen LogP contribution is -2.40. The molecule has 0 saturated carbocycles. The van der Waals surface area contributed by atoms with E-state index >= 15 is 0 Å². The highest BCUT2D eigenvalue weighted by Gasteiger charge is 2.12. The summed E-state index contributed by atoms with van der Waals surface area (Å²) >= 11 is 11.0. The van der Waals surface area contributed by atoms with Crippen LogP contribution in [-0.2, 0) is 6.42 Å². The van der Waals surface area contributed by atoms with E-state index < -0.39 is 0 Å². The van der Waals surface area contributed by atoms with Crippen molar-refractivity contribution in [2.24, 2.45) is 5.73 Å². The minimum atomic E-state index is 0.183. The van der Waals surface area contributed by atoms with Crippen LogP contribution in [-0.4, -0.2) is 28.7 Å². The third-order valence-corrected chi connectivity index (χ3v) is 3.39. The first-order valence-electron chi connectivity index (χ1n) is 6.39. The van der Waals surface area contributed by atoms with E-state index in [9.17, 15) is 0 Å². The minimum Gasteiger partial charge on any atom is -0.496 e. The highest BCUT2D eigenvalue weighted by Crippen LogP contribution is 2.21. The molecule has 0 unspecified atom stereocenters. The van der Waals surface area contributed by atoms with Gasteiger partial charge in [0.05, 0.1) is 13.3 Å². The monoisotopic (exact) mass is 324 g/mol. The van der Waals surface area contributed by atoms with Crippen LogP contribution in [0.25, 0.3) is 0 Å². The molecule has 1 aliphatic rings. The third kappa shape index (κ3) is 4.27. The van der Waals surface area contributed by atoms with Gasteiger partial charge in [0, 0.05) is 18.9 Å². The first-order valence-corrected chi connectivity index (χ1v) is 7.17. The molecular weight excluding hydrogens is 308 g/mol. The van der Waals surface area contributed by atoms with Crippen molar-refractivity contribution in [1.82, 2.24) is 15.3 Å². The summed E-state index contributed by atoms with van der Waals surface area (Å²) in [5.74, 6) is 0.885. The molecule has 0 fully saturated rings. The molecule has 1 aliphatic heterocycles. The summed E-state index contributed by atoms with van der Waals surface area (Å²) in [4.78, 5) is 1.94. The maximum absolute atomic E-state index is 6.24. The molecule has 0 atom stereocenters. The van der Waals surface area contributed by atoms with Gasteiger partial charge in [-0.15, -0.1) is 0 Å². The van der Waals surface area contributed by atoms with Crippen molar-refractivity contribution in [3.05, 3.63) is 53.6 Å². The van der Waals surface area contributed by atoms with Crippen LogP contribution in [0.15, 0.2) is 48.0 Å². The largest absolute Gasteiger partial charge is 0.496 e. The summed E-state index contributed by atoms with van der Waals surface area (Å²) in [6.07, 6.45) is 6.19. The number of thiocarbonyl (C=S) groups is 1. The number of halogens is 1. The van der Waals surface area contributed by atoms with Gasteiger partial charge >= 0.3 is 0 Å². The van der Waals surface area contributed by atoms with E-state index in [0.717, 1.165) is 24.3 Å². The molecule has 112 valence electrons. The number of para-hydroxylation sites is 1. The predicted octanol–water partition coefficient (Wildman–Crippen LogP) is 2.11. The van der Waals surface area contributed by atoms with E-state index in [1.54, 1.807) is 24.5 Å². The third-order valence-electron chi connectivity index (χ3n) is 2.98. The second-order valence-corrected chi connectivity index (χ2v) is 5.22. The molecule has 1 heterocycles. The van der Waals surface area contributed by atoms with Crippen molar-refractivity contribution in [3.63, 3.8) is 0 Å². The summed E-state index contributed by atoms with van der Waals surface area (Å²) < 4.78 is 5.34. The van der Waals surface area contributed by atoms with Gasteiger partial charge in [-0.25, -0.2) is 0 Å². The molecule has 3 N–H and O–H groups in total. The fraction of sp³-hybridized carbons (Fsp3) is 0.214. The molecule has 0 aromatic heterocycles. The van der Waals surface area contributed by atoms with E-state index in [2.05, 4.69) is 5.43 Å². The lowest BCUT2D eigenvalue weighted by atomic mass is 10.1. The number of nitrogens with one attached hydrogen (secondary N) is 1. The maximum Gasteiger partial charge on any atom is 0.183 e. The van der Waals surface area contributed by atoms with Gasteiger partial charge in [0.2, 0.25) is 0 Å². The second kappa shape index (κ2) is 7.19.